The van der Waals surface area contributed by atoms with Gasteiger partial charge < -0.3 is 14.6 Å². The van der Waals surface area contributed by atoms with Gasteiger partial charge in [-0.1, -0.05) is 54.6 Å². The molecule has 1 atom stereocenters. The fourth-order valence-corrected chi connectivity index (χ4v) is 6.04. The minimum atomic E-state index is -0.962. The molecule has 5 nitrogen and oxygen atoms in total. The number of aliphatic carboxylic acids is 1. The topological polar surface area (TPSA) is 59.0 Å². The molecule has 0 spiro atoms. The number of hydrogen-bond donors (Lipinski definition) is 1. The second-order valence-electron chi connectivity index (χ2n) is 8.22. The van der Waals surface area contributed by atoms with Gasteiger partial charge in [0.15, 0.2) is 12.8 Å². The number of thiophene rings is 1. The van der Waals surface area contributed by atoms with Crippen LogP contribution in [0, 0.1) is 0 Å². The summed E-state index contributed by atoms with van der Waals surface area (Å²) >= 11 is 3.48. The summed E-state index contributed by atoms with van der Waals surface area (Å²) in [5.74, 6) is -0.212. The fraction of sp³-hybridized carbons (Fsp3) is 0.222. The first-order valence-electron chi connectivity index (χ1n) is 11.2. The van der Waals surface area contributed by atoms with Gasteiger partial charge in [-0.2, -0.15) is 0 Å². The Hall–Kier alpha value is -3.00. The molecule has 1 aliphatic heterocycles. The quantitative estimate of drug-likeness (QED) is 0.359. The van der Waals surface area contributed by atoms with E-state index in [1.165, 1.54) is 21.0 Å². The number of rotatable bonds is 9. The average molecular weight is 492 g/mol. The third-order valence-electron chi connectivity index (χ3n) is 5.81. The third-order valence-corrected chi connectivity index (χ3v) is 8.03. The number of fused-ring (bicyclic) bond motifs is 1. The van der Waals surface area contributed by atoms with Crippen LogP contribution in [0.3, 0.4) is 0 Å². The first-order valence-corrected chi connectivity index (χ1v) is 12.8. The minimum Gasteiger partial charge on any atom is -0.479 e. The normalized spacial score (nSPS) is 15.6. The molecule has 0 amide bonds. The molecule has 7 heteroatoms. The van der Waals surface area contributed by atoms with Crippen LogP contribution in [0.4, 0.5) is 5.00 Å². The van der Waals surface area contributed by atoms with Crippen molar-refractivity contribution in [2.45, 2.75) is 32.0 Å². The van der Waals surface area contributed by atoms with Crippen molar-refractivity contribution in [2.24, 2.45) is 0 Å². The molecule has 174 valence electrons. The summed E-state index contributed by atoms with van der Waals surface area (Å²) in [7, 11) is 0. The summed E-state index contributed by atoms with van der Waals surface area (Å²) < 4.78 is 14.0. The van der Waals surface area contributed by atoms with Crippen LogP contribution in [0.2, 0.25) is 0 Å². The molecule has 0 fully saturated rings. The predicted octanol–water partition coefficient (Wildman–Crippen LogP) is 6.22. The standard InChI is InChI=1S/C27H25NO4S2/c29-27(30)24(31-17-20-5-2-1-3-6-20)15-19-9-11-23(12-10-19)32-18-28-26-22(13-14-33-26)16-21-7-4-8-25(21)34-28/h1-6,8-14,24H,7,15-18H2,(H,29,30). The highest BCUT2D eigenvalue weighted by Crippen LogP contribution is 2.44. The van der Waals surface area contributed by atoms with Gasteiger partial charge in [0, 0.05) is 11.3 Å². The Bertz CT molecular complexity index is 1200. The van der Waals surface area contributed by atoms with E-state index in [1.54, 1.807) is 23.3 Å². The molecule has 3 aromatic rings. The van der Waals surface area contributed by atoms with Crippen molar-refractivity contribution in [2.75, 3.05) is 11.0 Å². The molecular weight excluding hydrogens is 466 g/mol. The molecule has 2 aliphatic rings. The molecule has 0 radical (unpaired) electrons. The van der Waals surface area contributed by atoms with Crippen molar-refractivity contribution < 1.29 is 19.4 Å². The average Bonchev–Trinajstić information content (AvgIpc) is 3.48. The maximum atomic E-state index is 11.7. The highest BCUT2D eigenvalue weighted by atomic mass is 32.2. The predicted molar refractivity (Wildman–Crippen MR) is 137 cm³/mol. The summed E-state index contributed by atoms with van der Waals surface area (Å²) in [6, 6.07) is 19.4. The Balaban J connectivity index is 1.19. The van der Waals surface area contributed by atoms with Gasteiger partial charge in [0.25, 0.3) is 0 Å². The van der Waals surface area contributed by atoms with Gasteiger partial charge in [0.2, 0.25) is 0 Å². The van der Waals surface area contributed by atoms with Gasteiger partial charge in [0.05, 0.1) is 6.61 Å². The number of carboxylic acid groups (broad SMARTS) is 1. The van der Waals surface area contributed by atoms with E-state index < -0.39 is 12.1 Å². The summed E-state index contributed by atoms with van der Waals surface area (Å²) in [4.78, 5) is 13.0. The lowest BCUT2D eigenvalue weighted by Gasteiger charge is -2.22. The first-order chi connectivity index (χ1) is 16.7. The summed E-state index contributed by atoms with van der Waals surface area (Å²) in [6.07, 6.45) is 5.85. The lowest BCUT2D eigenvalue weighted by Crippen LogP contribution is -2.26. The van der Waals surface area contributed by atoms with E-state index in [0.717, 1.165) is 29.7 Å². The number of carboxylic acids is 1. The van der Waals surface area contributed by atoms with Crippen LogP contribution >= 0.6 is 23.3 Å². The van der Waals surface area contributed by atoms with Crippen LogP contribution in [0.5, 0.6) is 5.75 Å². The van der Waals surface area contributed by atoms with Crippen LogP contribution in [-0.4, -0.2) is 23.9 Å². The largest absolute Gasteiger partial charge is 0.479 e. The number of anilines is 1. The van der Waals surface area contributed by atoms with E-state index in [-0.39, 0.29) is 6.61 Å². The molecule has 2 heterocycles. The lowest BCUT2D eigenvalue weighted by atomic mass is 10.1. The fourth-order valence-electron chi connectivity index (χ4n) is 3.99. The molecule has 0 saturated carbocycles. The number of benzene rings is 2. The molecule has 1 aromatic heterocycles. The van der Waals surface area contributed by atoms with Gasteiger partial charge in [-0.15, -0.1) is 11.3 Å². The van der Waals surface area contributed by atoms with E-state index >= 15 is 0 Å². The van der Waals surface area contributed by atoms with Crippen LogP contribution in [0.1, 0.15) is 23.1 Å². The number of hydrogen-bond acceptors (Lipinski definition) is 6. The van der Waals surface area contributed by atoms with Gasteiger partial charge in [-0.05, 0) is 70.6 Å². The molecule has 1 aliphatic carbocycles. The smallest absolute Gasteiger partial charge is 0.333 e. The summed E-state index contributed by atoms with van der Waals surface area (Å²) in [5.41, 5.74) is 4.66. The van der Waals surface area contributed by atoms with E-state index in [4.69, 9.17) is 9.47 Å². The zero-order valence-electron chi connectivity index (χ0n) is 18.6. The molecule has 5 rings (SSSR count). The first kappa shape index (κ1) is 22.8. The Kier molecular flexibility index (Phi) is 7.04. The lowest BCUT2D eigenvalue weighted by molar-refractivity contribution is -0.151. The van der Waals surface area contributed by atoms with Crippen LogP contribution in [0.25, 0.3) is 0 Å². The number of allylic oxidation sites excluding steroid dienone is 3. The summed E-state index contributed by atoms with van der Waals surface area (Å²) in [5, 5.41) is 13.0. The zero-order valence-corrected chi connectivity index (χ0v) is 20.2. The van der Waals surface area contributed by atoms with Gasteiger partial charge in [-0.25, -0.2) is 4.79 Å². The molecule has 0 bridgehead atoms. The van der Waals surface area contributed by atoms with Crippen LogP contribution < -0.4 is 9.04 Å². The highest BCUT2D eigenvalue weighted by molar-refractivity contribution is 8.04. The van der Waals surface area contributed by atoms with Crippen molar-refractivity contribution in [3.05, 3.63) is 105 Å². The molecular formula is C27H25NO4S2. The van der Waals surface area contributed by atoms with Crippen molar-refractivity contribution in [3.63, 3.8) is 0 Å². The molecule has 34 heavy (non-hydrogen) atoms. The third kappa shape index (κ3) is 5.38. The van der Waals surface area contributed by atoms with Crippen molar-refractivity contribution in [1.29, 1.82) is 0 Å². The SMILES string of the molecule is O=C(O)C(Cc1ccc(OCN2SC3=C(CC=C3)Cc3ccsc32)cc1)OCc1ccccc1. The van der Waals surface area contributed by atoms with Gasteiger partial charge in [-0.3, -0.25) is 4.31 Å². The Morgan fingerprint density at radius 1 is 1.06 bits per heavy atom. The van der Waals surface area contributed by atoms with Crippen molar-refractivity contribution >= 4 is 34.3 Å². The van der Waals surface area contributed by atoms with Crippen LogP contribution in [0.15, 0.2) is 88.7 Å². The molecule has 0 saturated heterocycles. The van der Waals surface area contributed by atoms with Gasteiger partial charge >= 0.3 is 5.97 Å². The second kappa shape index (κ2) is 10.5. The van der Waals surface area contributed by atoms with Crippen molar-refractivity contribution in [1.82, 2.24) is 0 Å². The van der Waals surface area contributed by atoms with E-state index in [0.29, 0.717) is 13.2 Å². The second-order valence-corrected chi connectivity index (χ2v) is 10.2. The maximum Gasteiger partial charge on any atom is 0.333 e. The Morgan fingerprint density at radius 3 is 2.68 bits per heavy atom. The molecule has 2 aromatic carbocycles. The molecule has 1 N–H and O–H groups in total. The number of carbonyl (C=O) groups is 1. The minimum absolute atomic E-state index is 0.268. The van der Waals surface area contributed by atoms with E-state index in [2.05, 4.69) is 27.9 Å². The Labute approximate surface area is 207 Å². The number of ether oxygens (including phenoxy) is 2. The maximum absolute atomic E-state index is 11.7. The highest BCUT2D eigenvalue weighted by Gasteiger charge is 2.24. The molecule has 1 unspecified atom stereocenters. The number of nitrogens with zero attached hydrogens (tertiary/aromatic N) is 1. The Morgan fingerprint density at radius 2 is 1.88 bits per heavy atom. The summed E-state index contributed by atoms with van der Waals surface area (Å²) in [6.45, 7) is 0.699. The van der Waals surface area contributed by atoms with E-state index in [1.807, 2.05) is 54.6 Å². The zero-order chi connectivity index (χ0) is 23.3. The van der Waals surface area contributed by atoms with Crippen LogP contribution in [-0.2, 0) is 29.0 Å². The van der Waals surface area contributed by atoms with E-state index in [9.17, 15) is 9.90 Å². The van der Waals surface area contributed by atoms with Gasteiger partial charge in [0.1, 0.15) is 10.8 Å². The monoisotopic (exact) mass is 491 g/mol. The van der Waals surface area contributed by atoms with Crippen molar-refractivity contribution in [3.8, 4) is 5.75 Å².